The van der Waals surface area contributed by atoms with Crippen LogP contribution in [0.25, 0.3) is 10.9 Å². The molecule has 1 saturated carbocycles. The van der Waals surface area contributed by atoms with Crippen LogP contribution in [0.15, 0.2) is 54.9 Å². The summed E-state index contributed by atoms with van der Waals surface area (Å²) in [4.78, 5) is 18.5. The maximum atomic E-state index is 13.9. The molecular weight excluding hydrogens is 639 g/mol. The highest BCUT2D eigenvalue weighted by atomic mass is 32.2. The predicted molar refractivity (Wildman–Crippen MR) is 184 cm³/mol. The van der Waals surface area contributed by atoms with Gasteiger partial charge in [0.15, 0.2) is 15.6 Å². The Balaban J connectivity index is 1.58. The molecule has 2 aromatic carbocycles. The molecule has 0 saturated heterocycles. The van der Waals surface area contributed by atoms with Gasteiger partial charge in [-0.1, -0.05) is 36.1 Å². The minimum absolute atomic E-state index is 0.0510. The maximum absolute atomic E-state index is 13.9. The van der Waals surface area contributed by atoms with Crippen LogP contribution < -0.4 is 14.5 Å². The van der Waals surface area contributed by atoms with E-state index in [1.54, 1.807) is 13.0 Å². The fourth-order valence-corrected chi connectivity index (χ4v) is 6.78. The topological polar surface area (TPSA) is 88.5 Å². The molecule has 0 radical (unpaired) electrons. The zero-order valence-electron chi connectivity index (χ0n) is 28.2. The number of fused-ring (bicyclic) bond motifs is 1. The Morgan fingerprint density at radius 3 is 2.35 bits per heavy atom. The molecule has 1 fully saturated rings. The first-order valence-corrected chi connectivity index (χ1v) is 18.5. The van der Waals surface area contributed by atoms with Crippen LogP contribution in [0.5, 0.6) is 5.75 Å². The average molecular weight is 684 g/mol. The fraction of sp³-hybridized carbons (Fsp3) is 0.472. The van der Waals surface area contributed by atoms with E-state index in [1.165, 1.54) is 44.1 Å². The van der Waals surface area contributed by atoms with E-state index < -0.39 is 27.6 Å². The molecule has 0 N–H and O–H groups in total. The van der Waals surface area contributed by atoms with Crippen LogP contribution in [-0.2, 0) is 22.6 Å². The SMILES string of the molecule is CCN(CC1CCCC1)c1nc2ccc(C)cc2cc1CN(c1ncc(OCCS(C)(=O)=O)cn1)C(C)c1cc(C)cc(C(F)(F)F)c1. The van der Waals surface area contributed by atoms with Crippen molar-refractivity contribution >= 4 is 32.5 Å². The molecule has 2 aromatic heterocycles. The van der Waals surface area contributed by atoms with Gasteiger partial charge in [0.2, 0.25) is 5.95 Å². The number of pyridine rings is 1. The lowest BCUT2D eigenvalue weighted by Crippen LogP contribution is -2.33. The van der Waals surface area contributed by atoms with E-state index in [2.05, 4.69) is 33.9 Å². The highest BCUT2D eigenvalue weighted by Crippen LogP contribution is 2.36. The summed E-state index contributed by atoms with van der Waals surface area (Å²) in [5.74, 6) is 1.86. The normalized spacial score (nSPS) is 14.8. The molecule has 0 amide bonds. The van der Waals surface area contributed by atoms with Gasteiger partial charge in [-0.05, 0) is 82.3 Å². The van der Waals surface area contributed by atoms with Crippen molar-refractivity contribution in [3.05, 3.63) is 82.7 Å². The van der Waals surface area contributed by atoms with Gasteiger partial charge < -0.3 is 14.5 Å². The number of sulfone groups is 1. The summed E-state index contributed by atoms with van der Waals surface area (Å²) >= 11 is 0. The predicted octanol–water partition coefficient (Wildman–Crippen LogP) is 7.87. The molecular formula is C36H44F3N5O3S. The van der Waals surface area contributed by atoms with Gasteiger partial charge in [-0.25, -0.2) is 23.4 Å². The van der Waals surface area contributed by atoms with Crippen molar-refractivity contribution < 1.29 is 26.3 Å². The highest BCUT2D eigenvalue weighted by Gasteiger charge is 2.32. The van der Waals surface area contributed by atoms with Gasteiger partial charge in [0.05, 0.1) is 41.8 Å². The highest BCUT2D eigenvalue weighted by molar-refractivity contribution is 7.90. The number of benzene rings is 2. The lowest BCUT2D eigenvalue weighted by molar-refractivity contribution is -0.137. The molecule has 2 heterocycles. The molecule has 8 nitrogen and oxygen atoms in total. The van der Waals surface area contributed by atoms with Crippen LogP contribution in [0.3, 0.4) is 0 Å². The number of hydrogen-bond donors (Lipinski definition) is 0. The summed E-state index contributed by atoms with van der Waals surface area (Å²) in [6, 6.07) is 11.8. The number of rotatable bonds is 13. The van der Waals surface area contributed by atoms with E-state index in [4.69, 9.17) is 9.72 Å². The third-order valence-electron chi connectivity index (χ3n) is 8.97. The van der Waals surface area contributed by atoms with Crippen LogP contribution in [0.4, 0.5) is 24.9 Å². The molecule has 0 aliphatic heterocycles. The van der Waals surface area contributed by atoms with E-state index in [-0.39, 0.29) is 18.9 Å². The standard InChI is InChI=1S/C36H44F3N5O3S/c1-6-43(22-27-9-7-8-10-27)34-30(18-29-15-24(2)11-12-33(29)42-34)23-44(26(4)28-16-25(3)17-31(19-28)36(37,38)39)35-40-20-32(21-41-35)47-13-14-48(5,45)46/h11-12,15-21,26-27H,6-10,13-14,22-23H2,1-5H3. The summed E-state index contributed by atoms with van der Waals surface area (Å²) in [7, 11) is -3.21. The molecule has 12 heteroatoms. The lowest BCUT2D eigenvalue weighted by atomic mass is 9.99. The number of ether oxygens (including phenoxy) is 1. The fourth-order valence-electron chi connectivity index (χ4n) is 6.39. The number of aryl methyl sites for hydroxylation is 2. The van der Waals surface area contributed by atoms with Crippen molar-refractivity contribution in [2.24, 2.45) is 5.92 Å². The Kier molecular flexibility index (Phi) is 10.8. The van der Waals surface area contributed by atoms with Gasteiger partial charge in [0.1, 0.15) is 12.4 Å². The number of anilines is 2. The molecule has 258 valence electrons. The van der Waals surface area contributed by atoms with E-state index in [0.717, 1.165) is 53.3 Å². The molecule has 1 unspecified atom stereocenters. The first kappa shape index (κ1) is 35.4. The number of halogens is 3. The summed E-state index contributed by atoms with van der Waals surface area (Å²) in [5.41, 5.74) is 3.16. The molecule has 0 bridgehead atoms. The van der Waals surface area contributed by atoms with Gasteiger partial charge in [-0.15, -0.1) is 0 Å². The van der Waals surface area contributed by atoms with Crippen LogP contribution in [0.2, 0.25) is 0 Å². The number of aromatic nitrogens is 3. The first-order valence-electron chi connectivity index (χ1n) is 16.4. The van der Waals surface area contributed by atoms with Crippen LogP contribution >= 0.6 is 0 Å². The van der Waals surface area contributed by atoms with Crippen molar-refractivity contribution in [1.82, 2.24) is 15.0 Å². The van der Waals surface area contributed by atoms with Gasteiger partial charge in [0, 0.05) is 30.3 Å². The van der Waals surface area contributed by atoms with Crippen molar-refractivity contribution in [1.29, 1.82) is 0 Å². The minimum Gasteiger partial charge on any atom is -0.489 e. The minimum atomic E-state index is -4.50. The van der Waals surface area contributed by atoms with E-state index in [1.807, 2.05) is 30.9 Å². The Hall–Kier alpha value is -3.93. The van der Waals surface area contributed by atoms with E-state index in [9.17, 15) is 21.6 Å². The van der Waals surface area contributed by atoms with Crippen LogP contribution in [-0.4, -0.2) is 55.1 Å². The lowest BCUT2D eigenvalue weighted by Gasteiger charge is -2.33. The van der Waals surface area contributed by atoms with E-state index >= 15 is 0 Å². The largest absolute Gasteiger partial charge is 0.489 e. The Bertz CT molecular complexity index is 1830. The first-order chi connectivity index (χ1) is 22.7. The van der Waals surface area contributed by atoms with Gasteiger partial charge in [-0.2, -0.15) is 13.2 Å². The Labute approximate surface area is 281 Å². The zero-order chi connectivity index (χ0) is 34.6. The van der Waals surface area contributed by atoms with Crippen LogP contribution in [0.1, 0.15) is 73.4 Å². The monoisotopic (exact) mass is 683 g/mol. The number of nitrogens with zero attached hydrogens (tertiary/aromatic N) is 5. The summed E-state index contributed by atoms with van der Waals surface area (Å²) in [5, 5.41) is 0.976. The number of hydrogen-bond acceptors (Lipinski definition) is 8. The molecule has 1 aliphatic rings. The van der Waals surface area contributed by atoms with Crippen molar-refractivity contribution in [3.8, 4) is 5.75 Å². The van der Waals surface area contributed by atoms with E-state index in [0.29, 0.717) is 28.7 Å². The molecule has 0 spiro atoms. The molecule has 48 heavy (non-hydrogen) atoms. The van der Waals surface area contributed by atoms with Crippen LogP contribution in [0, 0.1) is 19.8 Å². The van der Waals surface area contributed by atoms with Gasteiger partial charge in [0.25, 0.3) is 0 Å². The summed E-state index contributed by atoms with van der Waals surface area (Å²) in [6.07, 6.45) is 4.38. The van der Waals surface area contributed by atoms with Gasteiger partial charge in [-0.3, -0.25) is 0 Å². The molecule has 5 rings (SSSR count). The van der Waals surface area contributed by atoms with Crippen molar-refractivity contribution in [3.63, 3.8) is 0 Å². The third kappa shape index (κ3) is 8.94. The third-order valence-corrected chi connectivity index (χ3v) is 9.88. The van der Waals surface area contributed by atoms with Crippen molar-refractivity contribution in [2.45, 2.75) is 72.1 Å². The molecule has 4 aromatic rings. The Morgan fingerprint density at radius 2 is 1.71 bits per heavy atom. The second kappa shape index (κ2) is 14.7. The maximum Gasteiger partial charge on any atom is 0.416 e. The second-order valence-electron chi connectivity index (χ2n) is 13.0. The Morgan fingerprint density at radius 1 is 1.00 bits per heavy atom. The molecule has 1 atom stereocenters. The average Bonchev–Trinajstić information content (AvgIpc) is 3.54. The quantitative estimate of drug-likeness (QED) is 0.141. The van der Waals surface area contributed by atoms with Gasteiger partial charge >= 0.3 is 6.18 Å². The molecule has 1 aliphatic carbocycles. The number of alkyl halides is 3. The summed E-state index contributed by atoms with van der Waals surface area (Å²) in [6.45, 7) is 9.52. The van der Waals surface area contributed by atoms with Crippen molar-refractivity contribution in [2.75, 3.05) is 41.5 Å². The smallest absolute Gasteiger partial charge is 0.416 e. The second-order valence-corrected chi connectivity index (χ2v) is 15.2. The zero-order valence-corrected chi connectivity index (χ0v) is 29.0. The summed E-state index contributed by atoms with van der Waals surface area (Å²) < 4.78 is 70.5.